The average Bonchev–Trinajstić information content (AvgIpc) is 3.11. The van der Waals surface area contributed by atoms with Crippen LogP contribution in [0.2, 0.25) is 5.02 Å². The fraction of sp³-hybridized carbons (Fsp3) is 0.185. The van der Waals surface area contributed by atoms with Gasteiger partial charge in [-0.3, -0.25) is 14.4 Å². The number of amides is 3. The van der Waals surface area contributed by atoms with Crippen LogP contribution in [0.25, 0.3) is 0 Å². The summed E-state index contributed by atoms with van der Waals surface area (Å²) in [6, 6.07) is 18.1. The van der Waals surface area contributed by atoms with Crippen LogP contribution in [0.5, 0.6) is 0 Å². The zero-order chi connectivity index (χ0) is 24.9. The number of hydrogen-bond acceptors (Lipinski definition) is 5. The Morgan fingerprint density at radius 1 is 0.943 bits per heavy atom. The van der Waals surface area contributed by atoms with Gasteiger partial charge in [0.05, 0.1) is 27.4 Å². The first-order chi connectivity index (χ1) is 16.9. The quantitative estimate of drug-likeness (QED) is 0.342. The van der Waals surface area contributed by atoms with E-state index in [0.717, 1.165) is 24.2 Å². The Bertz CT molecular complexity index is 1300. The summed E-state index contributed by atoms with van der Waals surface area (Å²) in [5.74, 6) is -2.39. The van der Waals surface area contributed by atoms with Crippen LogP contribution in [-0.4, -0.2) is 30.3 Å². The number of imide groups is 1. The maximum atomic E-state index is 12.9. The molecule has 3 aromatic carbocycles. The normalized spacial score (nSPS) is 12.5. The van der Waals surface area contributed by atoms with Gasteiger partial charge in [-0.2, -0.15) is 0 Å². The van der Waals surface area contributed by atoms with Crippen molar-refractivity contribution < 1.29 is 23.9 Å². The first-order valence-corrected chi connectivity index (χ1v) is 11.6. The molecule has 0 spiro atoms. The van der Waals surface area contributed by atoms with Crippen molar-refractivity contribution in [3.8, 4) is 0 Å². The number of ether oxygens (including phenoxy) is 1. The second-order valence-corrected chi connectivity index (χ2v) is 8.49. The highest BCUT2D eigenvalue weighted by Crippen LogP contribution is 2.33. The average molecular weight is 491 g/mol. The Labute approximate surface area is 207 Å². The first kappa shape index (κ1) is 24.2. The molecule has 35 heavy (non-hydrogen) atoms. The van der Waals surface area contributed by atoms with E-state index in [-0.39, 0.29) is 27.4 Å². The number of nitrogens with zero attached hydrogens (tertiary/aromatic N) is 1. The van der Waals surface area contributed by atoms with Crippen molar-refractivity contribution in [1.29, 1.82) is 0 Å². The number of esters is 1. The number of carbonyl (C=O) groups excluding carboxylic acids is 4. The van der Waals surface area contributed by atoms with E-state index in [1.807, 2.05) is 12.1 Å². The van der Waals surface area contributed by atoms with Crippen molar-refractivity contribution in [2.75, 3.05) is 16.8 Å². The number of rotatable bonds is 8. The standard InChI is InChI=1S/C27H23ClN2O5/c1-2-3-6-17-9-12-19(13-10-17)29-24(31)16-35-27(34)18-11-14-20-21(15-18)26(33)30(25(20)32)23-8-5-4-7-22(23)28/h4-5,7-15H,2-3,6,16H2,1H3,(H,29,31). The van der Waals surface area contributed by atoms with Crippen molar-refractivity contribution in [3.63, 3.8) is 0 Å². The molecule has 1 aliphatic rings. The predicted octanol–water partition coefficient (Wildman–Crippen LogP) is 5.28. The third kappa shape index (κ3) is 5.25. The molecule has 3 amide bonds. The summed E-state index contributed by atoms with van der Waals surface area (Å²) < 4.78 is 5.11. The molecule has 178 valence electrons. The lowest BCUT2D eigenvalue weighted by Crippen LogP contribution is -2.29. The fourth-order valence-corrected chi connectivity index (χ4v) is 3.99. The van der Waals surface area contributed by atoms with Gasteiger partial charge in [0.1, 0.15) is 0 Å². The largest absolute Gasteiger partial charge is 0.452 e. The maximum Gasteiger partial charge on any atom is 0.338 e. The molecule has 0 aromatic heterocycles. The van der Waals surface area contributed by atoms with E-state index >= 15 is 0 Å². The molecule has 0 unspecified atom stereocenters. The van der Waals surface area contributed by atoms with E-state index in [4.69, 9.17) is 16.3 Å². The van der Waals surface area contributed by atoms with Gasteiger partial charge < -0.3 is 10.1 Å². The van der Waals surface area contributed by atoms with Crippen LogP contribution in [0.3, 0.4) is 0 Å². The number of unbranched alkanes of at least 4 members (excludes halogenated alkanes) is 1. The highest BCUT2D eigenvalue weighted by Gasteiger charge is 2.38. The van der Waals surface area contributed by atoms with Crippen LogP contribution in [0.1, 0.15) is 56.4 Å². The van der Waals surface area contributed by atoms with E-state index in [0.29, 0.717) is 5.69 Å². The Morgan fingerprint density at radius 3 is 2.37 bits per heavy atom. The van der Waals surface area contributed by atoms with E-state index in [2.05, 4.69) is 12.2 Å². The SMILES string of the molecule is CCCCc1ccc(NC(=O)COC(=O)c2ccc3c(c2)C(=O)N(c2ccccc2Cl)C3=O)cc1. The first-order valence-electron chi connectivity index (χ1n) is 11.2. The summed E-state index contributed by atoms with van der Waals surface area (Å²) in [5, 5.41) is 2.93. The van der Waals surface area contributed by atoms with Crippen LogP contribution in [-0.2, 0) is 16.0 Å². The van der Waals surface area contributed by atoms with Crippen LogP contribution >= 0.6 is 11.6 Å². The Morgan fingerprint density at radius 2 is 1.66 bits per heavy atom. The molecule has 1 N–H and O–H groups in total. The second kappa shape index (κ2) is 10.5. The Hall–Kier alpha value is -3.97. The van der Waals surface area contributed by atoms with Crippen LogP contribution < -0.4 is 10.2 Å². The van der Waals surface area contributed by atoms with E-state index < -0.39 is 30.3 Å². The van der Waals surface area contributed by atoms with Crippen molar-refractivity contribution in [3.05, 3.63) is 94.0 Å². The van der Waals surface area contributed by atoms with Gasteiger partial charge >= 0.3 is 5.97 Å². The molecule has 7 nitrogen and oxygen atoms in total. The summed E-state index contributed by atoms with van der Waals surface area (Å²) >= 11 is 6.16. The topological polar surface area (TPSA) is 92.8 Å². The maximum absolute atomic E-state index is 12.9. The summed E-state index contributed by atoms with van der Waals surface area (Å²) in [7, 11) is 0. The highest BCUT2D eigenvalue weighted by molar-refractivity contribution is 6.39. The predicted molar refractivity (Wildman–Crippen MR) is 133 cm³/mol. The molecular formula is C27H23ClN2O5. The lowest BCUT2D eigenvalue weighted by molar-refractivity contribution is -0.119. The number of halogens is 1. The number of para-hydroxylation sites is 1. The van der Waals surface area contributed by atoms with Crippen LogP contribution in [0.4, 0.5) is 11.4 Å². The summed E-state index contributed by atoms with van der Waals surface area (Å²) in [4.78, 5) is 51.4. The lowest BCUT2D eigenvalue weighted by Gasteiger charge is -2.15. The smallest absolute Gasteiger partial charge is 0.338 e. The van der Waals surface area contributed by atoms with Gasteiger partial charge in [0.25, 0.3) is 17.7 Å². The fourth-order valence-electron chi connectivity index (χ4n) is 3.77. The van der Waals surface area contributed by atoms with Gasteiger partial charge in [0.15, 0.2) is 6.61 Å². The molecule has 1 heterocycles. The van der Waals surface area contributed by atoms with E-state index in [1.54, 1.807) is 36.4 Å². The zero-order valence-corrected chi connectivity index (χ0v) is 19.8. The molecule has 0 saturated carbocycles. The molecule has 3 aromatic rings. The summed E-state index contributed by atoms with van der Waals surface area (Å²) in [5.41, 5.74) is 2.34. The monoisotopic (exact) mass is 490 g/mol. The van der Waals surface area contributed by atoms with Gasteiger partial charge in [0.2, 0.25) is 0 Å². The molecule has 0 atom stereocenters. The number of carbonyl (C=O) groups is 4. The van der Waals surface area contributed by atoms with E-state index in [9.17, 15) is 19.2 Å². The molecule has 0 saturated heterocycles. The van der Waals surface area contributed by atoms with Gasteiger partial charge in [0, 0.05) is 5.69 Å². The molecule has 0 fully saturated rings. The van der Waals surface area contributed by atoms with Crippen LogP contribution in [0, 0.1) is 0 Å². The molecule has 8 heteroatoms. The molecule has 0 bridgehead atoms. The number of fused-ring (bicyclic) bond motifs is 1. The zero-order valence-electron chi connectivity index (χ0n) is 19.0. The second-order valence-electron chi connectivity index (χ2n) is 8.08. The Balaban J connectivity index is 1.38. The Kier molecular flexibility index (Phi) is 7.27. The molecule has 0 radical (unpaired) electrons. The third-order valence-electron chi connectivity index (χ3n) is 5.61. The number of anilines is 2. The summed E-state index contributed by atoms with van der Waals surface area (Å²) in [6.45, 7) is 1.64. The molecular weight excluding hydrogens is 468 g/mol. The molecule has 0 aliphatic carbocycles. The van der Waals surface area contributed by atoms with Crippen molar-refractivity contribution in [2.24, 2.45) is 0 Å². The number of hydrogen-bond donors (Lipinski definition) is 1. The number of benzene rings is 3. The molecule has 4 rings (SSSR count). The van der Waals surface area contributed by atoms with Crippen molar-refractivity contribution in [1.82, 2.24) is 0 Å². The molecule has 1 aliphatic heterocycles. The van der Waals surface area contributed by atoms with Crippen molar-refractivity contribution >= 4 is 46.7 Å². The van der Waals surface area contributed by atoms with E-state index in [1.165, 1.54) is 23.8 Å². The third-order valence-corrected chi connectivity index (χ3v) is 5.93. The van der Waals surface area contributed by atoms with Gasteiger partial charge in [-0.15, -0.1) is 0 Å². The van der Waals surface area contributed by atoms with Gasteiger partial charge in [-0.25, -0.2) is 9.69 Å². The minimum Gasteiger partial charge on any atom is -0.452 e. The van der Waals surface area contributed by atoms with Gasteiger partial charge in [-0.1, -0.05) is 49.2 Å². The van der Waals surface area contributed by atoms with Gasteiger partial charge in [-0.05, 0) is 60.9 Å². The number of aryl methyl sites for hydroxylation is 1. The summed E-state index contributed by atoms with van der Waals surface area (Å²) in [6.07, 6.45) is 3.19. The number of nitrogens with one attached hydrogen (secondary N) is 1. The minimum atomic E-state index is -0.783. The lowest BCUT2D eigenvalue weighted by atomic mass is 10.1. The van der Waals surface area contributed by atoms with Crippen molar-refractivity contribution in [2.45, 2.75) is 26.2 Å². The van der Waals surface area contributed by atoms with Crippen LogP contribution in [0.15, 0.2) is 66.7 Å². The minimum absolute atomic E-state index is 0.0546. The highest BCUT2D eigenvalue weighted by atomic mass is 35.5.